The highest BCUT2D eigenvalue weighted by Gasteiger charge is 2.33. The average Bonchev–Trinajstić information content (AvgIpc) is 2.65. The zero-order valence-corrected chi connectivity index (χ0v) is 16.7. The Morgan fingerprint density at radius 1 is 1.14 bits per heavy atom. The van der Waals surface area contributed by atoms with E-state index in [4.69, 9.17) is 4.74 Å². The first-order valence-electron chi connectivity index (χ1n) is 9.28. The molecule has 2 aromatic rings. The maximum Gasteiger partial charge on any atom is 0.319 e. The minimum Gasteiger partial charge on any atom is -0.489 e. The number of nitrogens with zero attached hydrogens (tertiary/aromatic N) is 1. The molecule has 0 radical (unpaired) electrons. The molecule has 0 aromatic heterocycles. The molecule has 144 valence electrons. The molecule has 1 atom stereocenters. The summed E-state index contributed by atoms with van der Waals surface area (Å²) in [7, 11) is 0. The molecule has 0 saturated carbocycles. The SMILES string of the molecule is Cc1cccc(COc2ccc([C@@H]3NC(=O)NC(C(C)(C)C)=C3C#N)cc2)c1. The Balaban J connectivity index is 1.80. The van der Waals surface area contributed by atoms with E-state index in [2.05, 4.69) is 35.8 Å². The third-order valence-electron chi connectivity index (χ3n) is 4.64. The zero-order chi connectivity index (χ0) is 20.3. The molecule has 2 amide bonds. The highest BCUT2D eigenvalue weighted by atomic mass is 16.5. The fraction of sp³-hybridized carbons (Fsp3) is 0.304. The molecule has 5 nitrogen and oxygen atoms in total. The maximum atomic E-state index is 12.1. The summed E-state index contributed by atoms with van der Waals surface area (Å²) in [5.41, 5.74) is 4.00. The van der Waals surface area contributed by atoms with E-state index < -0.39 is 6.04 Å². The van der Waals surface area contributed by atoms with Gasteiger partial charge in [-0.3, -0.25) is 0 Å². The number of hydrogen-bond donors (Lipinski definition) is 2. The Hall–Kier alpha value is -3.26. The van der Waals surface area contributed by atoms with E-state index in [1.54, 1.807) is 0 Å². The van der Waals surface area contributed by atoms with Crippen LogP contribution in [0.15, 0.2) is 59.8 Å². The number of nitrogens with one attached hydrogen (secondary N) is 2. The first-order valence-corrected chi connectivity index (χ1v) is 9.28. The van der Waals surface area contributed by atoms with Crippen LogP contribution in [0.3, 0.4) is 0 Å². The number of hydrogen-bond acceptors (Lipinski definition) is 3. The average molecular weight is 375 g/mol. The summed E-state index contributed by atoms with van der Waals surface area (Å²) in [5.74, 6) is 0.740. The summed E-state index contributed by atoms with van der Waals surface area (Å²) in [6.45, 7) is 8.47. The normalized spacial score (nSPS) is 16.8. The Kier molecular flexibility index (Phi) is 5.41. The Bertz CT molecular complexity index is 947. The van der Waals surface area contributed by atoms with Gasteiger partial charge in [0.25, 0.3) is 0 Å². The van der Waals surface area contributed by atoms with Gasteiger partial charge in [-0.15, -0.1) is 0 Å². The summed E-state index contributed by atoms with van der Waals surface area (Å²) in [4.78, 5) is 12.1. The first-order chi connectivity index (χ1) is 13.3. The van der Waals surface area contributed by atoms with Gasteiger partial charge in [0.1, 0.15) is 12.4 Å². The van der Waals surface area contributed by atoms with Crippen LogP contribution in [0.2, 0.25) is 0 Å². The minimum absolute atomic E-state index is 0.298. The third kappa shape index (κ3) is 4.34. The molecule has 28 heavy (non-hydrogen) atoms. The molecule has 0 unspecified atom stereocenters. The summed E-state index contributed by atoms with van der Waals surface area (Å²) in [6, 6.07) is 17.2. The number of urea groups is 1. The van der Waals surface area contributed by atoms with Crippen LogP contribution in [-0.2, 0) is 6.61 Å². The van der Waals surface area contributed by atoms with E-state index in [9.17, 15) is 10.1 Å². The molecule has 2 aromatic carbocycles. The molecule has 1 aliphatic heterocycles. The van der Waals surface area contributed by atoms with Crippen LogP contribution < -0.4 is 15.4 Å². The van der Waals surface area contributed by atoms with Crippen molar-refractivity contribution in [1.29, 1.82) is 5.26 Å². The molecule has 2 N–H and O–H groups in total. The van der Waals surface area contributed by atoms with Crippen LogP contribution >= 0.6 is 0 Å². The molecule has 0 spiro atoms. The molecule has 3 rings (SSSR count). The van der Waals surface area contributed by atoms with Crippen LogP contribution in [0.4, 0.5) is 4.79 Å². The van der Waals surface area contributed by atoms with Crippen molar-refractivity contribution in [3.63, 3.8) is 0 Å². The molecule has 5 heteroatoms. The van der Waals surface area contributed by atoms with E-state index in [-0.39, 0.29) is 11.4 Å². The summed E-state index contributed by atoms with van der Waals surface area (Å²) < 4.78 is 5.86. The van der Waals surface area contributed by atoms with E-state index in [1.807, 2.05) is 57.2 Å². The maximum absolute atomic E-state index is 12.1. The highest BCUT2D eigenvalue weighted by molar-refractivity contribution is 5.80. The van der Waals surface area contributed by atoms with Gasteiger partial charge in [0.15, 0.2) is 0 Å². The van der Waals surface area contributed by atoms with Crippen molar-refractivity contribution in [3.05, 3.63) is 76.5 Å². The van der Waals surface area contributed by atoms with E-state index in [0.29, 0.717) is 17.9 Å². The van der Waals surface area contributed by atoms with Crippen LogP contribution in [0, 0.1) is 23.7 Å². The predicted octanol–water partition coefficient (Wildman–Crippen LogP) is 4.75. The van der Waals surface area contributed by atoms with Gasteiger partial charge in [-0.05, 0) is 30.2 Å². The zero-order valence-electron chi connectivity index (χ0n) is 16.7. The van der Waals surface area contributed by atoms with Crippen molar-refractivity contribution in [3.8, 4) is 11.8 Å². The monoisotopic (exact) mass is 375 g/mol. The van der Waals surface area contributed by atoms with Crippen molar-refractivity contribution >= 4 is 6.03 Å². The smallest absolute Gasteiger partial charge is 0.319 e. The lowest BCUT2D eigenvalue weighted by Crippen LogP contribution is -2.46. The fourth-order valence-corrected chi connectivity index (χ4v) is 3.25. The lowest BCUT2D eigenvalue weighted by Gasteiger charge is -2.33. The Labute approximate surface area is 166 Å². The van der Waals surface area contributed by atoms with Gasteiger partial charge in [-0.2, -0.15) is 5.26 Å². The van der Waals surface area contributed by atoms with Gasteiger partial charge in [-0.1, -0.05) is 62.7 Å². The highest BCUT2D eigenvalue weighted by Crippen LogP contribution is 2.34. The van der Waals surface area contributed by atoms with Gasteiger partial charge in [0.2, 0.25) is 0 Å². The number of benzene rings is 2. The molecule has 0 aliphatic carbocycles. The molecular weight excluding hydrogens is 350 g/mol. The second-order valence-corrected chi connectivity index (χ2v) is 8.03. The number of ether oxygens (including phenoxy) is 1. The quantitative estimate of drug-likeness (QED) is 0.810. The molecule has 0 bridgehead atoms. The molecule has 0 fully saturated rings. The molecule has 1 aliphatic rings. The number of rotatable bonds is 4. The third-order valence-corrected chi connectivity index (χ3v) is 4.64. The van der Waals surface area contributed by atoms with Gasteiger partial charge in [-0.25, -0.2) is 4.79 Å². The molecule has 0 saturated heterocycles. The Morgan fingerprint density at radius 3 is 2.46 bits per heavy atom. The minimum atomic E-state index is -0.473. The fourth-order valence-electron chi connectivity index (χ4n) is 3.25. The number of aryl methyl sites for hydroxylation is 1. The van der Waals surface area contributed by atoms with Crippen LogP contribution in [0.25, 0.3) is 0 Å². The van der Waals surface area contributed by atoms with Crippen LogP contribution in [0.1, 0.15) is 43.5 Å². The summed E-state index contributed by atoms with van der Waals surface area (Å²) in [6.07, 6.45) is 0. The number of allylic oxidation sites excluding steroid dienone is 1. The lowest BCUT2D eigenvalue weighted by molar-refractivity contribution is 0.235. The summed E-state index contributed by atoms with van der Waals surface area (Å²) in [5, 5.41) is 15.3. The van der Waals surface area contributed by atoms with Gasteiger partial charge < -0.3 is 15.4 Å². The number of carbonyl (C=O) groups is 1. The van der Waals surface area contributed by atoms with Gasteiger partial charge in [0.05, 0.1) is 17.7 Å². The van der Waals surface area contributed by atoms with E-state index >= 15 is 0 Å². The largest absolute Gasteiger partial charge is 0.489 e. The van der Waals surface area contributed by atoms with Crippen molar-refractivity contribution in [2.75, 3.05) is 0 Å². The van der Waals surface area contributed by atoms with Crippen LogP contribution in [-0.4, -0.2) is 6.03 Å². The Morgan fingerprint density at radius 2 is 1.86 bits per heavy atom. The first kappa shape index (κ1) is 19.5. The van der Waals surface area contributed by atoms with E-state index in [1.165, 1.54) is 5.56 Å². The standard InChI is InChI=1S/C23H25N3O2/c1-15-6-5-7-16(12-15)14-28-18-10-8-17(9-11-18)20-19(13-24)21(23(2,3)4)26-22(27)25-20/h5-12,20H,14H2,1-4H3,(H2,25,26,27)/t20-/m0/s1. The van der Waals surface area contributed by atoms with Gasteiger partial charge in [0, 0.05) is 11.1 Å². The number of amides is 2. The predicted molar refractivity (Wildman–Crippen MR) is 108 cm³/mol. The van der Waals surface area contributed by atoms with Crippen molar-refractivity contribution in [1.82, 2.24) is 10.6 Å². The molecule has 1 heterocycles. The second kappa shape index (κ2) is 7.77. The summed E-state index contributed by atoms with van der Waals surface area (Å²) >= 11 is 0. The van der Waals surface area contributed by atoms with Crippen molar-refractivity contribution in [2.45, 2.75) is 40.3 Å². The number of nitriles is 1. The van der Waals surface area contributed by atoms with Gasteiger partial charge >= 0.3 is 6.03 Å². The van der Waals surface area contributed by atoms with Crippen LogP contribution in [0.5, 0.6) is 5.75 Å². The molecular formula is C23H25N3O2. The topological polar surface area (TPSA) is 74.2 Å². The lowest BCUT2D eigenvalue weighted by atomic mass is 9.84. The second-order valence-electron chi connectivity index (χ2n) is 8.03. The van der Waals surface area contributed by atoms with E-state index in [0.717, 1.165) is 16.9 Å². The number of carbonyl (C=O) groups excluding carboxylic acids is 1. The van der Waals surface area contributed by atoms with Crippen molar-refractivity contribution in [2.24, 2.45) is 5.41 Å². The van der Waals surface area contributed by atoms with Crippen molar-refractivity contribution < 1.29 is 9.53 Å².